The molecule has 0 saturated heterocycles. The summed E-state index contributed by atoms with van der Waals surface area (Å²) in [5, 5.41) is 3.23. The molecule has 0 unspecified atom stereocenters. The summed E-state index contributed by atoms with van der Waals surface area (Å²) in [7, 11) is 2.00. The quantitative estimate of drug-likeness (QED) is 0.834. The third-order valence-electron chi connectivity index (χ3n) is 3.81. The van der Waals surface area contributed by atoms with Gasteiger partial charge in [-0.15, -0.1) is 0 Å². The molecule has 2 fully saturated rings. The highest BCUT2D eigenvalue weighted by molar-refractivity contribution is 5.45. The van der Waals surface area contributed by atoms with Crippen LogP contribution in [0.15, 0.2) is 12.1 Å². The molecule has 0 atom stereocenters. The van der Waals surface area contributed by atoms with E-state index in [9.17, 15) is 0 Å². The lowest BCUT2D eigenvalue weighted by Gasteiger charge is -2.24. The Labute approximate surface area is 110 Å². The summed E-state index contributed by atoms with van der Waals surface area (Å²) in [4.78, 5) is 7.32. The lowest BCUT2D eigenvalue weighted by Crippen LogP contribution is -2.29. The van der Waals surface area contributed by atoms with Crippen molar-refractivity contribution in [2.75, 3.05) is 18.5 Å². The topological polar surface area (TPSA) is 28.2 Å². The Morgan fingerprint density at radius 1 is 1.28 bits per heavy atom. The van der Waals surface area contributed by atoms with Crippen molar-refractivity contribution in [3.05, 3.63) is 23.4 Å². The summed E-state index contributed by atoms with van der Waals surface area (Å²) >= 11 is 0. The van der Waals surface area contributed by atoms with Gasteiger partial charge in [-0.3, -0.25) is 0 Å². The zero-order valence-electron chi connectivity index (χ0n) is 11.4. The van der Waals surface area contributed by atoms with Crippen LogP contribution in [0.4, 0.5) is 5.82 Å². The van der Waals surface area contributed by atoms with Crippen LogP contribution in [-0.4, -0.2) is 24.6 Å². The van der Waals surface area contributed by atoms with E-state index in [4.69, 9.17) is 4.98 Å². The fourth-order valence-electron chi connectivity index (χ4n) is 2.57. The number of anilines is 1. The zero-order valence-corrected chi connectivity index (χ0v) is 11.4. The number of hydrogen-bond donors (Lipinski definition) is 1. The molecule has 1 N–H and O–H groups in total. The summed E-state index contributed by atoms with van der Waals surface area (Å²) in [5.74, 6) is 2.13. The van der Waals surface area contributed by atoms with Gasteiger partial charge in [0.25, 0.3) is 0 Å². The Morgan fingerprint density at radius 3 is 2.67 bits per heavy atom. The van der Waals surface area contributed by atoms with Crippen molar-refractivity contribution in [2.24, 2.45) is 5.92 Å². The van der Waals surface area contributed by atoms with E-state index in [1.807, 2.05) is 7.05 Å². The lowest BCUT2D eigenvalue weighted by molar-refractivity contribution is 0.705. The second kappa shape index (κ2) is 4.88. The van der Waals surface area contributed by atoms with E-state index in [0.29, 0.717) is 0 Å². The molecule has 1 aromatic rings. The highest BCUT2D eigenvalue weighted by Crippen LogP contribution is 2.37. The molecule has 2 aliphatic rings. The molecule has 1 aromatic heterocycles. The highest BCUT2D eigenvalue weighted by Gasteiger charge is 2.34. The first-order valence-electron chi connectivity index (χ1n) is 7.15. The molecule has 0 amide bonds. The van der Waals surface area contributed by atoms with Gasteiger partial charge in [0.2, 0.25) is 0 Å². The Bertz CT molecular complexity index is 422. The van der Waals surface area contributed by atoms with Crippen LogP contribution in [0.5, 0.6) is 0 Å². The monoisotopic (exact) mass is 245 g/mol. The number of nitrogens with one attached hydrogen (secondary N) is 1. The van der Waals surface area contributed by atoms with Crippen LogP contribution in [0.25, 0.3) is 0 Å². The molecule has 98 valence electrons. The van der Waals surface area contributed by atoms with Gasteiger partial charge in [0.05, 0.1) is 0 Å². The summed E-state index contributed by atoms with van der Waals surface area (Å²) in [5.41, 5.74) is 2.49. The lowest BCUT2D eigenvalue weighted by atomic mass is 10.2. The largest absolute Gasteiger partial charge is 0.353 e. The minimum absolute atomic E-state index is 0.766. The van der Waals surface area contributed by atoms with Crippen molar-refractivity contribution in [2.45, 2.75) is 45.2 Å². The average Bonchev–Trinajstić information content (AvgIpc) is 3.19. The second-order valence-corrected chi connectivity index (χ2v) is 5.83. The van der Waals surface area contributed by atoms with Crippen molar-refractivity contribution in [3.63, 3.8) is 0 Å². The fraction of sp³-hybridized carbons (Fsp3) is 0.667. The molecule has 3 rings (SSSR count). The van der Waals surface area contributed by atoms with Crippen molar-refractivity contribution < 1.29 is 0 Å². The predicted molar refractivity (Wildman–Crippen MR) is 74.8 cm³/mol. The van der Waals surface area contributed by atoms with Crippen LogP contribution >= 0.6 is 0 Å². The van der Waals surface area contributed by atoms with E-state index in [0.717, 1.165) is 24.2 Å². The van der Waals surface area contributed by atoms with Gasteiger partial charge in [0.15, 0.2) is 0 Å². The summed E-state index contributed by atoms with van der Waals surface area (Å²) in [6, 6.07) is 5.22. The number of aryl methyl sites for hydroxylation is 1. The Hall–Kier alpha value is -1.09. The van der Waals surface area contributed by atoms with Gasteiger partial charge >= 0.3 is 0 Å². The maximum Gasteiger partial charge on any atom is 0.129 e. The SMILES string of the molecule is CNCc1cc(C)nc(N(CC2CC2)C2CC2)c1. The van der Waals surface area contributed by atoms with E-state index in [-0.39, 0.29) is 0 Å². The van der Waals surface area contributed by atoms with Gasteiger partial charge in [0.1, 0.15) is 5.82 Å². The molecular weight excluding hydrogens is 222 g/mol. The predicted octanol–water partition coefficient (Wildman–Crippen LogP) is 2.49. The van der Waals surface area contributed by atoms with E-state index in [1.54, 1.807) is 0 Å². The molecule has 0 bridgehead atoms. The maximum absolute atomic E-state index is 4.76. The number of nitrogens with zero attached hydrogens (tertiary/aromatic N) is 2. The van der Waals surface area contributed by atoms with E-state index >= 15 is 0 Å². The molecule has 2 aliphatic carbocycles. The molecule has 0 aromatic carbocycles. The second-order valence-electron chi connectivity index (χ2n) is 5.83. The molecule has 18 heavy (non-hydrogen) atoms. The molecule has 3 nitrogen and oxygen atoms in total. The zero-order chi connectivity index (χ0) is 12.5. The van der Waals surface area contributed by atoms with Crippen LogP contribution in [-0.2, 0) is 6.54 Å². The minimum Gasteiger partial charge on any atom is -0.353 e. The average molecular weight is 245 g/mol. The first kappa shape index (κ1) is 12.0. The van der Waals surface area contributed by atoms with Crippen molar-refractivity contribution in [3.8, 4) is 0 Å². The molecule has 0 aliphatic heterocycles. The number of aromatic nitrogens is 1. The van der Waals surface area contributed by atoms with Gasteiger partial charge in [0, 0.05) is 24.8 Å². The van der Waals surface area contributed by atoms with Crippen LogP contribution < -0.4 is 10.2 Å². The molecule has 3 heteroatoms. The highest BCUT2D eigenvalue weighted by atomic mass is 15.2. The van der Waals surface area contributed by atoms with Crippen LogP contribution in [0.2, 0.25) is 0 Å². The van der Waals surface area contributed by atoms with Crippen molar-refractivity contribution in [1.29, 1.82) is 0 Å². The van der Waals surface area contributed by atoms with E-state index in [2.05, 4.69) is 29.3 Å². The Balaban J connectivity index is 1.82. The van der Waals surface area contributed by atoms with Gasteiger partial charge < -0.3 is 10.2 Å². The Morgan fingerprint density at radius 2 is 2.06 bits per heavy atom. The van der Waals surface area contributed by atoms with Gasteiger partial charge in [-0.25, -0.2) is 4.98 Å². The normalized spacial score (nSPS) is 19.0. The van der Waals surface area contributed by atoms with Gasteiger partial charge in [-0.1, -0.05) is 0 Å². The first-order valence-corrected chi connectivity index (χ1v) is 7.15. The standard InChI is InChI=1S/C15H23N3/c1-11-7-13(9-16-2)8-15(17-11)18(14-5-6-14)10-12-3-4-12/h7-8,12,14,16H,3-6,9-10H2,1-2H3. The fourth-order valence-corrected chi connectivity index (χ4v) is 2.57. The number of hydrogen-bond acceptors (Lipinski definition) is 3. The van der Waals surface area contributed by atoms with Crippen LogP contribution in [0.3, 0.4) is 0 Å². The number of pyridine rings is 1. The smallest absolute Gasteiger partial charge is 0.129 e. The molecule has 0 radical (unpaired) electrons. The Kier molecular flexibility index (Phi) is 3.25. The van der Waals surface area contributed by atoms with Gasteiger partial charge in [-0.2, -0.15) is 0 Å². The first-order chi connectivity index (χ1) is 8.76. The van der Waals surface area contributed by atoms with Gasteiger partial charge in [-0.05, 0) is 63.3 Å². The molecule has 0 spiro atoms. The van der Waals surface area contributed by atoms with Crippen LogP contribution in [0.1, 0.15) is 36.9 Å². The number of rotatable bonds is 6. The summed E-state index contributed by atoms with van der Waals surface area (Å²) in [6.45, 7) is 4.25. The minimum atomic E-state index is 0.766. The van der Waals surface area contributed by atoms with Crippen molar-refractivity contribution in [1.82, 2.24) is 10.3 Å². The summed E-state index contributed by atoms with van der Waals surface area (Å²) in [6.07, 6.45) is 5.53. The third kappa shape index (κ3) is 2.83. The molecule has 2 saturated carbocycles. The maximum atomic E-state index is 4.76. The molecular formula is C15H23N3. The van der Waals surface area contributed by atoms with Crippen molar-refractivity contribution >= 4 is 5.82 Å². The molecule has 1 heterocycles. The van der Waals surface area contributed by atoms with Crippen LogP contribution in [0, 0.1) is 12.8 Å². The van der Waals surface area contributed by atoms with E-state index in [1.165, 1.54) is 43.6 Å². The van der Waals surface area contributed by atoms with E-state index < -0.39 is 0 Å². The third-order valence-corrected chi connectivity index (χ3v) is 3.81. The summed E-state index contributed by atoms with van der Waals surface area (Å²) < 4.78 is 0.